The second-order valence-corrected chi connectivity index (χ2v) is 7.58. The standard InChI is InChI=1S/C15H20OSe/c1-15(17-2,12-8-4-3-5-9-12)13-10-6-7-11-14(13)16/h3-5,8-9,13H,6-7,10-11H2,1-2H3. The zero-order valence-electron chi connectivity index (χ0n) is 10.6. The predicted octanol–water partition coefficient (Wildman–Crippen LogP) is 3.41. The molecule has 1 aliphatic rings. The summed E-state index contributed by atoms with van der Waals surface area (Å²) in [5, 5.41) is 0. The van der Waals surface area contributed by atoms with Gasteiger partial charge in [-0.05, 0) is 0 Å². The summed E-state index contributed by atoms with van der Waals surface area (Å²) in [6, 6.07) is 10.6. The summed E-state index contributed by atoms with van der Waals surface area (Å²) in [7, 11) is 0. The number of ketones is 1. The molecule has 2 atom stereocenters. The Bertz CT molecular complexity index is 387. The van der Waals surface area contributed by atoms with Crippen LogP contribution in [0.15, 0.2) is 30.3 Å². The van der Waals surface area contributed by atoms with Crippen LogP contribution in [0.25, 0.3) is 0 Å². The van der Waals surface area contributed by atoms with Crippen molar-refractivity contribution in [2.75, 3.05) is 0 Å². The van der Waals surface area contributed by atoms with Gasteiger partial charge in [0, 0.05) is 0 Å². The van der Waals surface area contributed by atoms with Gasteiger partial charge in [0.25, 0.3) is 0 Å². The van der Waals surface area contributed by atoms with Crippen LogP contribution in [0.1, 0.15) is 38.2 Å². The normalized spacial score (nSPS) is 24.4. The van der Waals surface area contributed by atoms with E-state index in [4.69, 9.17) is 0 Å². The number of carbonyl (C=O) groups excluding carboxylic acids is 1. The van der Waals surface area contributed by atoms with E-state index >= 15 is 0 Å². The van der Waals surface area contributed by atoms with Crippen molar-refractivity contribution in [3.63, 3.8) is 0 Å². The second-order valence-electron chi connectivity index (χ2n) is 4.94. The molecule has 0 amide bonds. The molecule has 17 heavy (non-hydrogen) atoms. The quantitative estimate of drug-likeness (QED) is 0.781. The number of Topliss-reactive ketones (excluding diaryl/α,β-unsaturated/α-hetero) is 1. The van der Waals surface area contributed by atoms with E-state index in [0.717, 1.165) is 19.3 Å². The van der Waals surface area contributed by atoms with Crippen molar-refractivity contribution >= 4 is 20.7 Å². The fraction of sp³-hybridized carbons (Fsp3) is 0.533. The Hall–Kier alpha value is -0.591. The van der Waals surface area contributed by atoms with Crippen LogP contribution in [0.5, 0.6) is 0 Å². The summed E-state index contributed by atoms with van der Waals surface area (Å²) in [4.78, 5) is 12.2. The Balaban J connectivity index is 2.33. The van der Waals surface area contributed by atoms with Crippen molar-refractivity contribution in [1.82, 2.24) is 0 Å². The van der Waals surface area contributed by atoms with Gasteiger partial charge in [-0.1, -0.05) is 0 Å². The van der Waals surface area contributed by atoms with Gasteiger partial charge in [-0.2, -0.15) is 0 Å². The fourth-order valence-electron chi connectivity index (χ4n) is 2.80. The van der Waals surface area contributed by atoms with Crippen molar-refractivity contribution in [3.05, 3.63) is 35.9 Å². The van der Waals surface area contributed by atoms with Crippen molar-refractivity contribution in [1.29, 1.82) is 0 Å². The minimum absolute atomic E-state index is 0.0891. The van der Waals surface area contributed by atoms with E-state index in [1.54, 1.807) is 0 Å². The van der Waals surface area contributed by atoms with Gasteiger partial charge in [-0.25, -0.2) is 0 Å². The van der Waals surface area contributed by atoms with Gasteiger partial charge in [-0.15, -0.1) is 0 Å². The Morgan fingerprint density at radius 3 is 2.53 bits per heavy atom. The van der Waals surface area contributed by atoms with E-state index in [2.05, 4.69) is 43.1 Å². The van der Waals surface area contributed by atoms with Crippen LogP contribution in [-0.2, 0) is 9.11 Å². The second kappa shape index (κ2) is 5.37. The van der Waals surface area contributed by atoms with E-state index in [0.29, 0.717) is 20.7 Å². The monoisotopic (exact) mass is 296 g/mol. The number of carbonyl (C=O) groups is 1. The Kier molecular flexibility index (Phi) is 4.06. The van der Waals surface area contributed by atoms with Gasteiger partial charge in [0.1, 0.15) is 0 Å². The first-order chi connectivity index (χ1) is 8.18. The molecule has 1 nitrogen and oxygen atoms in total. The summed E-state index contributed by atoms with van der Waals surface area (Å²) in [6.07, 6.45) is 4.19. The first kappa shape index (κ1) is 12.9. The molecule has 1 aromatic carbocycles. The van der Waals surface area contributed by atoms with Crippen LogP contribution >= 0.6 is 0 Å². The summed E-state index contributed by atoms with van der Waals surface area (Å²) in [6.45, 7) is 2.29. The van der Waals surface area contributed by atoms with Gasteiger partial charge >= 0.3 is 110 Å². The maximum atomic E-state index is 12.2. The van der Waals surface area contributed by atoms with Crippen molar-refractivity contribution in [3.8, 4) is 0 Å². The van der Waals surface area contributed by atoms with E-state index < -0.39 is 0 Å². The van der Waals surface area contributed by atoms with Gasteiger partial charge in [0.15, 0.2) is 0 Å². The molecule has 0 aliphatic heterocycles. The van der Waals surface area contributed by atoms with Gasteiger partial charge in [-0.3, -0.25) is 0 Å². The molecule has 92 valence electrons. The molecule has 1 aromatic rings. The summed E-state index contributed by atoms with van der Waals surface area (Å²) < 4.78 is 0.0891. The minimum atomic E-state index is 0.0891. The molecule has 0 aromatic heterocycles. The average Bonchev–Trinajstić information content (AvgIpc) is 2.39. The van der Waals surface area contributed by atoms with Gasteiger partial charge < -0.3 is 0 Å². The predicted molar refractivity (Wildman–Crippen MR) is 72.4 cm³/mol. The van der Waals surface area contributed by atoms with E-state index in [1.165, 1.54) is 12.0 Å². The Morgan fingerprint density at radius 2 is 1.94 bits per heavy atom. The van der Waals surface area contributed by atoms with Crippen LogP contribution < -0.4 is 0 Å². The Morgan fingerprint density at radius 1 is 1.24 bits per heavy atom. The molecule has 2 unspecified atom stereocenters. The number of benzene rings is 1. The molecular weight excluding hydrogens is 275 g/mol. The van der Waals surface area contributed by atoms with E-state index in [1.807, 2.05) is 0 Å². The van der Waals surface area contributed by atoms with Crippen LogP contribution in [0.4, 0.5) is 0 Å². The molecule has 0 heterocycles. The molecule has 2 heteroatoms. The summed E-state index contributed by atoms with van der Waals surface area (Å²) in [5.74, 6) is 3.01. The van der Waals surface area contributed by atoms with Crippen molar-refractivity contribution in [2.45, 2.75) is 42.7 Å². The third-order valence-electron chi connectivity index (χ3n) is 3.99. The SMILES string of the molecule is C[Se]C(C)(c1ccccc1)C1CCCCC1=O. The van der Waals surface area contributed by atoms with E-state index in [9.17, 15) is 4.79 Å². The molecular formula is C15H20OSe. The molecule has 0 N–H and O–H groups in total. The van der Waals surface area contributed by atoms with Crippen LogP contribution in [-0.4, -0.2) is 20.7 Å². The van der Waals surface area contributed by atoms with E-state index in [-0.39, 0.29) is 10.2 Å². The third kappa shape index (κ3) is 2.48. The third-order valence-corrected chi connectivity index (χ3v) is 6.86. The molecule has 1 saturated carbocycles. The van der Waals surface area contributed by atoms with Crippen molar-refractivity contribution in [2.24, 2.45) is 5.92 Å². The Labute approximate surface area is 110 Å². The first-order valence-electron chi connectivity index (χ1n) is 6.32. The fourth-order valence-corrected chi connectivity index (χ4v) is 4.70. The molecule has 1 aliphatic carbocycles. The molecule has 0 saturated heterocycles. The zero-order valence-corrected chi connectivity index (χ0v) is 12.3. The first-order valence-corrected chi connectivity index (χ1v) is 8.89. The van der Waals surface area contributed by atoms with Crippen LogP contribution in [0, 0.1) is 5.92 Å². The molecule has 1 fully saturated rings. The van der Waals surface area contributed by atoms with Gasteiger partial charge in [0.2, 0.25) is 0 Å². The number of hydrogen-bond acceptors (Lipinski definition) is 1. The van der Waals surface area contributed by atoms with Crippen LogP contribution in [0.2, 0.25) is 5.82 Å². The average molecular weight is 295 g/mol. The maximum absolute atomic E-state index is 12.2. The molecule has 0 bridgehead atoms. The summed E-state index contributed by atoms with van der Waals surface area (Å²) in [5.41, 5.74) is 1.35. The zero-order chi connectivity index (χ0) is 12.3. The molecule has 2 rings (SSSR count). The van der Waals surface area contributed by atoms with Crippen LogP contribution in [0.3, 0.4) is 0 Å². The number of hydrogen-bond donors (Lipinski definition) is 0. The number of rotatable bonds is 3. The molecule has 0 spiro atoms. The topological polar surface area (TPSA) is 17.1 Å². The van der Waals surface area contributed by atoms with Gasteiger partial charge in [0.05, 0.1) is 0 Å². The molecule has 0 radical (unpaired) electrons. The van der Waals surface area contributed by atoms with Crippen molar-refractivity contribution < 1.29 is 4.79 Å². The summed E-state index contributed by atoms with van der Waals surface area (Å²) >= 11 is 0.450.